The number of likely N-dealkylation sites (N-methyl/N-ethyl adjacent to an activating group) is 1. The number of carboxylic acids is 2. The van der Waals surface area contributed by atoms with Crippen molar-refractivity contribution in [3.63, 3.8) is 0 Å². The topological polar surface area (TPSA) is 132 Å². The summed E-state index contributed by atoms with van der Waals surface area (Å²) in [5.74, 6) is -3.09. The van der Waals surface area contributed by atoms with E-state index in [1.54, 1.807) is 0 Å². The second-order valence-corrected chi connectivity index (χ2v) is 8.02. The molecule has 33 heavy (non-hydrogen) atoms. The molecule has 1 aliphatic heterocycles. The van der Waals surface area contributed by atoms with Gasteiger partial charge in [0.2, 0.25) is 0 Å². The Hall–Kier alpha value is -3.59. The normalized spacial score (nSPS) is 19.3. The number of urea groups is 1. The van der Waals surface area contributed by atoms with Crippen molar-refractivity contribution in [3.05, 3.63) is 53.8 Å². The Balaban J connectivity index is 0.000000535. The van der Waals surface area contributed by atoms with E-state index in [9.17, 15) is 24.6 Å². The predicted octanol–water partition coefficient (Wildman–Crippen LogP) is 0.109. The van der Waals surface area contributed by atoms with Crippen LogP contribution in [0.5, 0.6) is 0 Å². The first-order chi connectivity index (χ1) is 15.7. The van der Waals surface area contributed by atoms with E-state index < -0.39 is 11.9 Å². The van der Waals surface area contributed by atoms with Crippen molar-refractivity contribution in [2.24, 2.45) is 0 Å². The van der Waals surface area contributed by atoms with E-state index in [4.69, 9.17) is 0 Å². The Morgan fingerprint density at radius 1 is 1.21 bits per heavy atom. The molecule has 2 atom stereocenters. The van der Waals surface area contributed by atoms with E-state index in [0.29, 0.717) is 18.2 Å². The number of H-pyrrole nitrogens is 1. The number of nitrogens with one attached hydrogen (secondary N) is 2. The molecule has 2 aliphatic rings. The van der Waals surface area contributed by atoms with Crippen molar-refractivity contribution in [2.45, 2.75) is 32.4 Å². The number of carbonyl (C=O) groups excluding carboxylic acids is 3. The predicted molar refractivity (Wildman–Crippen MR) is 123 cm³/mol. The van der Waals surface area contributed by atoms with E-state index in [0.717, 1.165) is 26.1 Å². The largest absolute Gasteiger partial charge is 1.00 e. The van der Waals surface area contributed by atoms with Gasteiger partial charge in [-0.25, -0.2) is 4.79 Å². The van der Waals surface area contributed by atoms with Crippen LogP contribution >= 0.6 is 0 Å². The maximum atomic E-state index is 12.4. The third kappa shape index (κ3) is 5.43. The molecule has 176 valence electrons. The fraction of sp³-hybridized carbons (Fsp3) is 0.375. The first-order valence-corrected chi connectivity index (χ1v) is 10.9. The third-order valence-electron chi connectivity index (χ3n) is 5.98. The van der Waals surface area contributed by atoms with Crippen molar-refractivity contribution in [1.82, 2.24) is 20.1 Å². The van der Waals surface area contributed by atoms with Gasteiger partial charge in [-0.1, -0.05) is 18.2 Å². The Labute approximate surface area is 195 Å². The van der Waals surface area contributed by atoms with Crippen LogP contribution in [-0.4, -0.2) is 71.5 Å². The third-order valence-corrected chi connectivity index (χ3v) is 5.98. The summed E-state index contributed by atoms with van der Waals surface area (Å²) in [6.45, 7) is 6.34. The number of benzene rings is 1. The number of hydrogen-bond donors (Lipinski definition) is 2. The molecule has 1 aliphatic carbocycles. The lowest BCUT2D eigenvalue weighted by Gasteiger charge is -2.40. The van der Waals surface area contributed by atoms with Crippen LogP contribution in [0.1, 0.15) is 27.8 Å². The van der Waals surface area contributed by atoms with Crippen molar-refractivity contribution in [1.29, 1.82) is 0 Å². The summed E-state index contributed by atoms with van der Waals surface area (Å²) < 4.78 is 0. The molecule has 9 heteroatoms. The zero-order valence-corrected chi connectivity index (χ0v) is 19.0. The number of carbonyl (C=O) groups is 3. The molecule has 2 N–H and O–H groups in total. The zero-order chi connectivity index (χ0) is 24.1. The molecular weight excluding hydrogens is 424 g/mol. The number of aromatic nitrogens is 1. The smallest absolute Gasteiger partial charge is 0.545 e. The Morgan fingerprint density at radius 2 is 1.88 bits per heavy atom. The quantitative estimate of drug-likeness (QED) is 0.617. The zero-order valence-electron chi connectivity index (χ0n) is 21.0. The van der Waals surface area contributed by atoms with Gasteiger partial charge in [-0.05, 0) is 62.2 Å². The van der Waals surface area contributed by atoms with Crippen molar-refractivity contribution < 1.29 is 27.4 Å². The summed E-state index contributed by atoms with van der Waals surface area (Å²) >= 11 is 0. The SMILES string of the molecule is CCN(CC)C(=O)N[C@H]1C=C2c3cccc4[nH]cc(c34)C[C@H]2N(C)C1.O=C([O-])/C=C\C(=O)[O-].[H+].[H+]. The Kier molecular flexibility index (Phi) is 7.55. The number of rotatable bonds is 5. The first kappa shape index (κ1) is 24.1. The summed E-state index contributed by atoms with van der Waals surface area (Å²) in [6.07, 6.45) is 6.21. The number of carboxylic acid groups (broad SMARTS) is 2. The second kappa shape index (κ2) is 10.4. The minimum atomic E-state index is -1.55. The van der Waals surface area contributed by atoms with E-state index in [2.05, 4.69) is 52.7 Å². The van der Waals surface area contributed by atoms with Crippen molar-refractivity contribution in [3.8, 4) is 0 Å². The van der Waals surface area contributed by atoms with Crippen LogP contribution in [0.4, 0.5) is 4.79 Å². The van der Waals surface area contributed by atoms with Crippen molar-refractivity contribution >= 4 is 34.4 Å². The monoisotopic (exact) mass is 454 g/mol. The van der Waals surface area contributed by atoms with E-state index in [1.165, 1.54) is 27.6 Å². The Bertz CT molecular complexity index is 1090. The summed E-state index contributed by atoms with van der Waals surface area (Å²) in [5.41, 5.74) is 5.24. The van der Waals surface area contributed by atoms with Crippen LogP contribution < -0.4 is 15.5 Å². The van der Waals surface area contributed by atoms with Crippen LogP contribution in [0.3, 0.4) is 0 Å². The highest BCUT2D eigenvalue weighted by Crippen LogP contribution is 2.39. The molecule has 0 radical (unpaired) electrons. The first-order valence-electron chi connectivity index (χ1n) is 10.9. The molecular formula is C24H30N4O5. The summed E-state index contributed by atoms with van der Waals surface area (Å²) in [4.78, 5) is 38.9. The standard InChI is InChI=1S/C20H26N4O.C4H4O4/c1-4-24(5-2)20(25)22-14-10-16-15-7-6-8-17-19(15)13(11-21-17)9-18(16)23(3)12-14;5-3(6)1-2-4(7)8/h6-8,10-11,14,18,21H,4-5,9,12H2,1-3H3,(H,22,25);1-2H,(H,5,6)(H,7,8)/b;2-1-/t14-,18+;/m0./s1. The van der Waals surface area contributed by atoms with Gasteiger partial charge in [0.1, 0.15) is 0 Å². The molecule has 0 bridgehead atoms. The van der Waals surface area contributed by atoms with Gasteiger partial charge in [-0.15, -0.1) is 0 Å². The second-order valence-electron chi connectivity index (χ2n) is 8.02. The van der Waals surface area contributed by atoms with Gasteiger partial charge >= 0.3 is 8.88 Å². The fourth-order valence-corrected chi connectivity index (χ4v) is 4.44. The molecule has 0 saturated heterocycles. The lowest BCUT2D eigenvalue weighted by Crippen LogP contribution is -2.52. The summed E-state index contributed by atoms with van der Waals surface area (Å²) in [6, 6.07) is 6.90. The number of amides is 2. The molecule has 1 aromatic carbocycles. The van der Waals surface area contributed by atoms with Crippen LogP contribution in [0, 0.1) is 0 Å². The minimum absolute atomic E-state index is 0. The molecule has 2 aromatic rings. The van der Waals surface area contributed by atoms with Gasteiger partial charge in [-0.2, -0.15) is 0 Å². The van der Waals surface area contributed by atoms with Crippen LogP contribution in [-0.2, 0) is 16.0 Å². The summed E-state index contributed by atoms with van der Waals surface area (Å²) in [5, 5.41) is 23.4. The molecule has 1 aromatic heterocycles. The number of aliphatic carboxylic acids is 2. The highest BCUT2D eigenvalue weighted by atomic mass is 16.4. The number of fused-ring (bicyclic) bond motifs is 2. The van der Waals surface area contributed by atoms with Gasteiger partial charge in [0.15, 0.2) is 0 Å². The van der Waals surface area contributed by atoms with Gasteiger partial charge in [0, 0.05) is 42.8 Å². The van der Waals surface area contributed by atoms with Crippen LogP contribution in [0.2, 0.25) is 0 Å². The average molecular weight is 455 g/mol. The molecule has 2 amide bonds. The van der Waals surface area contributed by atoms with Crippen LogP contribution in [0.25, 0.3) is 16.5 Å². The fourth-order valence-electron chi connectivity index (χ4n) is 4.44. The maximum Gasteiger partial charge on any atom is 1.00 e. The maximum absolute atomic E-state index is 12.4. The lowest BCUT2D eigenvalue weighted by molar-refractivity contribution is -0.301. The van der Waals surface area contributed by atoms with Crippen LogP contribution in [0.15, 0.2) is 42.6 Å². The van der Waals surface area contributed by atoms with Crippen molar-refractivity contribution in [2.75, 3.05) is 26.7 Å². The number of hydrogen-bond acceptors (Lipinski definition) is 6. The minimum Gasteiger partial charge on any atom is -0.545 e. The molecule has 2 heterocycles. The molecule has 9 nitrogen and oxygen atoms in total. The molecule has 0 fully saturated rings. The van der Waals surface area contributed by atoms with Gasteiger partial charge in [0.05, 0.1) is 18.0 Å². The van der Waals surface area contributed by atoms with Gasteiger partial charge in [0.25, 0.3) is 0 Å². The van der Waals surface area contributed by atoms with E-state index >= 15 is 0 Å². The van der Waals surface area contributed by atoms with Gasteiger partial charge in [-0.3, -0.25) is 4.90 Å². The lowest BCUT2D eigenvalue weighted by atomic mass is 9.81. The molecule has 4 rings (SSSR count). The van der Waals surface area contributed by atoms with E-state index in [-0.39, 0.29) is 14.9 Å². The number of nitrogens with zero attached hydrogens (tertiary/aromatic N) is 2. The van der Waals surface area contributed by atoms with Gasteiger partial charge < -0.3 is 35.0 Å². The molecule has 0 saturated carbocycles. The summed E-state index contributed by atoms with van der Waals surface area (Å²) in [7, 11) is 2.16. The highest BCUT2D eigenvalue weighted by molar-refractivity contribution is 5.98. The molecule has 0 spiro atoms. The highest BCUT2D eigenvalue weighted by Gasteiger charge is 2.34. The average Bonchev–Trinajstić information content (AvgIpc) is 3.19. The molecule has 0 unspecified atom stereocenters. The Morgan fingerprint density at radius 3 is 2.48 bits per heavy atom. The number of aromatic amines is 1. The van der Waals surface area contributed by atoms with E-state index in [1.807, 2.05) is 18.7 Å².